The van der Waals surface area contributed by atoms with Crippen molar-refractivity contribution in [2.45, 2.75) is 51.5 Å². The van der Waals surface area contributed by atoms with E-state index in [4.69, 9.17) is 0 Å². The van der Waals surface area contributed by atoms with E-state index in [9.17, 15) is 4.79 Å². The first-order valence-electron chi connectivity index (χ1n) is 7.13. The van der Waals surface area contributed by atoms with Crippen LogP contribution in [-0.4, -0.2) is 37.0 Å². The minimum Gasteiger partial charge on any atom is -0.341 e. The number of hydrogen-bond acceptors (Lipinski definition) is 2. The van der Waals surface area contributed by atoms with Crippen LogP contribution >= 0.6 is 12.4 Å². The Bertz CT molecular complexity index is 267. The van der Waals surface area contributed by atoms with E-state index in [-0.39, 0.29) is 12.4 Å². The lowest BCUT2D eigenvalue weighted by Gasteiger charge is -2.29. The number of halogens is 1. The van der Waals surface area contributed by atoms with Gasteiger partial charge in [-0.2, -0.15) is 0 Å². The predicted molar refractivity (Wildman–Crippen MR) is 77.0 cm³/mol. The molecule has 2 aliphatic rings. The molecule has 3 unspecified atom stereocenters. The number of nitrogens with one attached hydrogen (secondary N) is 1. The highest BCUT2D eigenvalue weighted by Gasteiger charge is 2.27. The number of carbonyl (C=O) groups is 1. The Morgan fingerprint density at radius 1 is 1.33 bits per heavy atom. The first-order chi connectivity index (χ1) is 8.16. The normalized spacial score (nSPS) is 31.8. The van der Waals surface area contributed by atoms with Gasteiger partial charge in [0.2, 0.25) is 5.91 Å². The third-order valence-corrected chi connectivity index (χ3v) is 4.48. The summed E-state index contributed by atoms with van der Waals surface area (Å²) in [5.41, 5.74) is 0. The van der Waals surface area contributed by atoms with Gasteiger partial charge in [-0.1, -0.05) is 19.8 Å². The molecule has 0 radical (unpaired) electrons. The summed E-state index contributed by atoms with van der Waals surface area (Å²) < 4.78 is 0. The second-order valence-electron chi connectivity index (χ2n) is 5.99. The molecule has 1 N–H and O–H groups in total. The van der Waals surface area contributed by atoms with Crippen LogP contribution in [0.1, 0.15) is 45.4 Å². The Kier molecular flexibility index (Phi) is 6.44. The summed E-state index contributed by atoms with van der Waals surface area (Å²) in [5.74, 6) is 1.82. The van der Waals surface area contributed by atoms with Crippen molar-refractivity contribution in [2.24, 2.45) is 11.8 Å². The maximum atomic E-state index is 12.2. The molecule has 1 amide bonds. The molecule has 0 aromatic rings. The SMILES string of the molecule is CC1CCCC(CC(=O)N(C)C2CCNC2)C1.Cl. The van der Waals surface area contributed by atoms with E-state index < -0.39 is 0 Å². The van der Waals surface area contributed by atoms with Crippen LogP contribution in [0.15, 0.2) is 0 Å². The molecule has 2 rings (SSSR count). The third kappa shape index (κ3) is 4.13. The number of rotatable bonds is 3. The number of carbonyl (C=O) groups excluding carboxylic acids is 1. The average molecular weight is 275 g/mol. The van der Waals surface area contributed by atoms with Gasteiger partial charge >= 0.3 is 0 Å². The molecule has 1 heterocycles. The fourth-order valence-corrected chi connectivity index (χ4v) is 3.31. The van der Waals surface area contributed by atoms with Gasteiger partial charge in [0, 0.05) is 26.1 Å². The Hall–Kier alpha value is -0.280. The summed E-state index contributed by atoms with van der Waals surface area (Å²) in [6.45, 7) is 4.35. The summed E-state index contributed by atoms with van der Waals surface area (Å²) in [6.07, 6.45) is 7.07. The lowest BCUT2D eigenvalue weighted by atomic mass is 9.80. The van der Waals surface area contributed by atoms with E-state index in [1.165, 1.54) is 25.7 Å². The maximum absolute atomic E-state index is 12.2. The molecule has 3 nitrogen and oxygen atoms in total. The number of amides is 1. The topological polar surface area (TPSA) is 32.3 Å². The molecule has 106 valence electrons. The molecule has 1 saturated carbocycles. The zero-order chi connectivity index (χ0) is 12.3. The van der Waals surface area contributed by atoms with Gasteiger partial charge in [-0.3, -0.25) is 4.79 Å². The van der Waals surface area contributed by atoms with Crippen LogP contribution < -0.4 is 5.32 Å². The molecule has 1 aliphatic heterocycles. The van der Waals surface area contributed by atoms with Crippen molar-refractivity contribution in [2.75, 3.05) is 20.1 Å². The molecular weight excluding hydrogens is 248 g/mol. The highest BCUT2D eigenvalue weighted by Crippen LogP contribution is 2.31. The smallest absolute Gasteiger partial charge is 0.222 e. The van der Waals surface area contributed by atoms with Crippen LogP contribution in [0.2, 0.25) is 0 Å². The van der Waals surface area contributed by atoms with Crippen LogP contribution in [0.4, 0.5) is 0 Å². The average Bonchev–Trinajstić information content (AvgIpc) is 2.81. The first kappa shape index (κ1) is 15.8. The van der Waals surface area contributed by atoms with Crippen LogP contribution in [-0.2, 0) is 4.79 Å². The van der Waals surface area contributed by atoms with Crippen molar-refractivity contribution in [3.05, 3.63) is 0 Å². The van der Waals surface area contributed by atoms with Gasteiger partial charge in [0.05, 0.1) is 0 Å². The molecule has 2 fully saturated rings. The fraction of sp³-hybridized carbons (Fsp3) is 0.929. The number of hydrogen-bond donors (Lipinski definition) is 1. The minimum absolute atomic E-state index is 0. The summed E-state index contributed by atoms with van der Waals surface area (Å²) in [6, 6.07) is 0.434. The lowest BCUT2D eigenvalue weighted by molar-refractivity contribution is -0.133. The quantitative estimate of drug-likeness (QED) is 0.857. The van der Waals surface area contributed by atoms with Crippen LogP contribution in [0.5, 0.6) is 0 Å². The molecule has 1 aliphatic carbocycles. The maximum Gasteiger partial charge on any atom is 0.222 e. The Balaban J connectivity index is 0.00000162. The summed E-state index contributed by atoms with van der Waals surface area (Å²) in [5, 5.41) is 3.32. The number of nitrogens with zero attached hydrogens (tertiary/aromatic N) is 1. The standard InChI is InChI=1S/C14H26N2O.ClH/c1-11-4-3-5-12(8-11)9-14(17)16(2)13-6-7-15-10-13;/h11-13,15H,3-10H2,1-2H3;1H. The molecule has 18 heavy (non-hydrogen) atoms. The minimum atomic E-state index is 0. The molecule has 0 bridgehead atoms. The first-order valence-corrected chi connectivity index (χ1v) is 7.13. The van der Waals surface area contributed by atoms with Crippen molar-refractivity contribution in [1.82, 2.24) is 10.2 Å². The van der Waals surface area contributed by atoms with Gasteiger partial charge in [-0.05, 0) is 37.6 Å². The second kappa shape index (κ2) is 7.34. The van der Waals surface area contributed by atoms with Crippen molar-refractivity contribution in [1.29, 1.82) is 0 Å². The van der Waals surface area contributed by atoms with Gasteiger partial charge in [-0.15, -0.1) is 12.4 Å². The highest BCUT2D eigenvalue weighted by molar-refractivity contribution is 5.85. The Morgan fingerprint density at radius 2 is 2.11 bits per heavy atom. The summed E-state index contributed by atoms with van der Waals surface area (Å²) in [7, 11) is 1.98. The van der Waals surface area contributed by atoms with Gasteiger partial charge in [0.15, 0.2) is 0 Å². The van der Waals surface area contributed by atoms with Gasteiger partial charge < -0.3 is 10.2 Å². The molecule has 0 spiro atoms. The van der Waals surface area contributed by atoms with Crippen LogP contribution in [0.3, 0.4) is 0 Å². The summed E-state index contributed by atoms with van der Waals surface area (Å²) in [4.78, 5) is 14.2. The zero-order valence-electron chi connectivity index (χ0n) is 11.7. The molecule has 0 aromatic carbocycles. The molecule has 1 saturated heterocycles. The van der Waals surface area contributed by atoms with E-state index in [0.29, 0.717) is 17.9 Å². The fourth-order valence-electron chi connectivity index (χ4n) is 3.31. The number of likely N-dealkylation sites (N-methyl/N-ethyl adjacent to an activating group) is 1. The van der Waals surface area contributed by atoms with Crippen molar-refractivity contribution >= 4 is 18.3 Å². The largest absolute Gasteiger partial charge is 0.341 e. The molecular formula is C14H27ClN2O. The van der Waals surface area contributed by atoms with Gasteiger partial charge in [0.1, 0.15) is 0 Å². The zero-order valence-corrected chi connectivity index (χ0v) is 12.5. The highest BCUT2D eigenvalue weighted by atomic mass is 35.5. The molecule has 3 atom stereocenters. The Morgan fingerprint density at radius 3 is 2.72 bits per heavy atom. The lowest BCUT2D eigenvalue weighted by Crippen LogP contribution is -2.39. The molecule has 4 heteroatoms. The monoisotopic (exact) mass is 274 g/mol. The van der Waals surface area contributed by atoms with Gasteiger partial charge in [0.25, 0.3) is 0 Å². The molecule has 0 aromatic heterocycles. The summed E-state index contributed by atoms with van der Waals surface area (Å²) >= 11 is 0. The van der Waals surface area contributed by atoms with E-state index in [1.807, 2.05) is 11.9 Å². The van der Waals surface area contributed by atoms with Crippen molar-refractivity contribution < 1.29 is 4.79 Å². The van der Waals surface area contributed by atoms with E-state index >= 15 is 0 Å². The third-order valence-electron chi connectivity index (χ3n) is 4.48. The van der Waals surface area contributed by atoms with E-state index in [0.717, 1.165) is 31.8 Å². The van der Waals surface area contributed by atoms with E-state index in [2.05, 4.69) is 12.2 Å². The Labute approximate surface area is 117 Å². The van der Waals surface area contributed by atoms with Gasteiger partial charge in [-0.25, -0.2) is 0 Å². The predicted octanol–water partition coefficient (Wildman–Crippen LogP) is 2.44. The van der Waals surface area contributed by atoms with Crippen LogP contribution in [0.25, 0.3) is 0 Å². The van der Waals surface area contributed by atoms with E-state index in [1.54, 1.807) is 0 Å². The van der Waals surface area contributed by atoms with Crippen molar-refractivity contribution in [3.8, 4) is 0 Å². The van der Waals surface area contributed by atoms with Crippen LogP contribution in [0, 0.1) is 11.8 Å². The van der Waals surface area contributed by atoms with Crippen molar-refractivity contribution in [3.63, 3.8) is 0 Å². The second-order valence-corrected chi connectivity index (χ2v) is 5.99.